The Hall–Kier alpha value is -2.74. The van der Waals surface area contributed by atoms with Gasteiger partial charge in [0.1, 0.15) is 12.3 Å². The Kier molecular flexibility index (Phi) is 27.6. The van der Waals surface area contributed by atoms with Crippen LogP contribution in [-0.4, -0.2) is 90.8 Å². The van der Waals surface area contributed by atoms with Crippen molar-refractivity contribution in [1.29, 1.82) is 5.26 Å². The largest absolute Gasteiger partial charge is 0.391 e. The van der Waals surface area contributed by atoms with Crippen LogP contribution in [0.1, 0.15) is 191 Å². The quantitative estimate of drug-likeness (QED) is 0.0254. The Morgan fingerprint density at radius 3 is 2.00 bits per heavy atom. The number of aromatic amines is 1. The van der Waals surface area contributed by atoms with E-state index in [0.717, 1.165) is 38.5 Å². The summed E-state index contributed by atoms with van der Waals surface area (Å²) in [5.74, 6) is -0.0219. The van der Waals surface area contributed by atoms with Gasteiger partial charge in [-0.25, -0.2) is 9.46 Å². The lowest BCUT2D eigenvalue weighted by molar-refractivity contribution is -0.122. The van der Waals surface area contributed by atoms with Crippen LogP contribution in [0.15, 0.2) is 27.9 Å². The average molecular weight is 965 g/mol. The SMILES string of the molecule is C=C(C)C(=O)NCCCCCCCCCCCCNC(=O)CCC(CC)(CC)O[Si](OC[C@H]1O[C@@H](n2cc(C)c(=O)[nH]c2=O)C[C@@H]1OP(OCCC#N)N(C(C)C)C(C)C)(C(C)C)C(C)C. The number of amides is 2. The van der Waals surface area contributed by atoms with Gasteiger partial charge < -0.3 is 33.3 Å². The first-order chi connectivity index (χ1) is 31.3. The summed E-state index contributed by atoms with van der Waals surface area (Å²) in [6.45, 7) is 29.9. The third kappa shape index (κ3) is 19.3. The molecule has 3 N–H and O–H groups in total. The van der Waals surface area contributed by atoms with E-state index in [-0.39, 0.29) is 54.6 Å². The van der Waals surface area contributed by atoms with Crippen LogP contribution in [-0.2, 0) is 32.2 Å². The van der Waals surface area contributed by atoms with Crippen LogP contribution < -0.4 is 21.9 Å². The van der Waals surface area contributed by atoms with E-state index in [4.69, 9.17) is 22.6 Å². The Bertz CT molecular complexity index is 1750. The van der Waals surface area contributed by atoms with Crippen molar-refractivity contribution in [2.75, 3.05) is 26.3 Å². The molecule has 0 radical (unpaired) electrons. The maximum Gasteiger partial charge on any atom is 0.343 e. The summed E-state index contributed by atoms with van der Waals surface area (Å²) in [5, 5.41) is 15.4. The molecule has 0 aliphatic carbocycles. The second kappa shape index (κ2) is 30.7. The van der Waals surface area contributed by atoms with E-state index in [1.807, 2.05) is 0 Å². The Labute approximate surface area is 400 Å². The van der Waals surface area contributed by atoms with Gasteiger partial charge in [-0.3, -0.25) is 23.9 Å². The van der Waals surface area contributed by atoms with Gasteiger partial charge in [-0.15, -0.1) is 0 Å². The molecular weight excluding hydrogens is 876 g/mol. The predicted molar refractivity (Wildman–Crippen MR) is 267 cm³/mol. The molecule has 15 nitrogen and oxygen atoms in total. The maximum atomic E-state index is 13.3. The van der Waals surface area contributed by atoms with Crippen LogP contribution >= 0.6 is 8.53 Å². The van der Waals surface area contributed by atoms with E-state index in [1.165, 1.54) is 49.3 Å². The first-order valence-electron chi connectivity index (χ1n) is 25.0. The summed E-state index contributed by atoms with van der Waals surface area (Å²) in [4.78, 5) is 52.7. The van der Waals surface area contributed by atoms with Crippen molar-refractivity contribution in [3.63, 3.8) is 0 Å². The Morgan fingerprint density at radius 2 is 1.50 bits per heavy atom. The van der Waals surface area contributed by atoms with Gasteiger partial charge in [0.2, 0.25) is 11.8 Å². The van der Waals surface area contributed by atoms with E-state index in [1.54, 1.807) is 13.8 Å². The lowest BCUT2D eigenvalue weighted by Gasteiger charge is -2.46. The van der Waals surface area contributed by atoms with Crippen LogP contribution in [0.4, 0.5) is 0 Å². The molecule has 1 fully saturated rings. The molecular formula is C49H89N6O9PSi. The van der Waals surface area contributed by atoms with Crippen molar-refractivity contribution in [2.45, 2.75) is 233 Å². The smallest absolute Gasteiger partial charge is 0.343 e. The highest BCUT2D eigenvalue weighted by Gasteiger charge is 2.52. The summed E-state index contributed by atoms with van der Waals surface area (Å²) in [6.07, 6.45) is 13.9. The molecule has 2 amide bonds. The third-order valence-electron chi connectivity index (χ3n) is 12.7. The average Bonchev–Trinajstić information content (AvgIpc) is 3.66. The number of hydrogen-bond acceptors (Lipinski definition) is 11. The standard InChI is InChI=1S/C49H89N6O9PSi/c1-14-49(15-2,28-27-44(56)51-30-24-22-20-18-16-17-19-21-23-25-31-52-46(57)36(3)4)64-66(39(9)10,40(11)12)61-35-43-42(33-45(62-43)54-34-41(13)47(58)53-48(54)59)63-65(60-32-26-29-50)55(37(5)6)38(7)8/h34,37-40,42-43,45H,3,14-28,30-33,35H2,1-2,4-13H3,(H,51,56)(H,52,57)(H,53,58,59)/t42-,43+,45+,65?/m0/s1. The third-order valence-corrected chi connectivity index (χ3v) is 19.4. The minimum Gasteiger partial charge on any atom is -0.391 e. The van der Waals surface area contributed by atoms with Crippen molar-refractivity contribution in [1.82, 2.24) is 24.9 Å². The maximum absolute atomic E-state index is 13.3. The number of aromatic nitrogens is 2. The number of nitriles is 1. The number of unbranched alkanes of at least 4 members (excludes halogenated alkanes) is 9. The molecule has 66 heavy (non-hydrogen) atoms. The minimum atomic E-state index is -3.09. The second-order valence-electron chi connectivity index (χ2n) is 19.3. The lowest BCUT2D eigenvalue weighted by atomic mass is 9.92. The second-order valence-corrected chi connectivity index (χ2v) is 24.9. The summed E-state index contributed by atoms with van der Waals surface area (Å²) in [7, 11) is -4.73. The van der Waals surface area contributed by atoms with E-state index < -0.39 is 52.4 Å². The highest BCUT2D eigenvalue weighted by atomic mass is 31.2. The van der Waals surface area contributed by atoms with Gasteiger partial charge in [-0.2, -0.15) is 5.26 Å². The molecule has 1 aliphatic heterocycles. The number of nitrogens with one attached hydrogen (secondary N) is 3. The van der Waals surface area contributed by atoms with E-state index in [2.05, 4.69) is 102 Å². The fraction of sp³-hybridized carbons (Fsp3) is 0.816. The van der Waals surface area contributed by atoms with Crippen molar-refractivity contribution >= 4 is 28.9 Å². The van der Waals surface area contributed by atoms with Crippen LogP contribution in [0.5, 0.6) is 0 Å². The normalized spacial score (nSPS) is 17.3. The zero-order valence-electron chi connectivity index (χ0n) is 42.9. The molecule has 0 spiro atoms. The topological polar surface area (TPSA) is 186 Å². The van der Waals surface area contributed by atoms with Crippen molar-refractivity contribution in [3.8, 4) is 6.07 Å². The Balaban J connectivity index is 2.11. The number of carbonyl (C=O) groups is 2. The molecule has 1 unspecified atom stereocenters. The van der Waals surface area contributed by atoms with Gasteiger partial charge in [0.25, 0.3) is 14.1 Å². The van der Waals surface area contributed by atoms with Gasteiger partial charge in [0, 0.05) is 55.3 Å². The van der Waals surface area contributed by atoms with Gasteiger partial charge in [0.15, 0.2) is 0 Å². The molecule has 2 heterocycles. The predicted octanol–water partition coefficient (Wildman–Crippen LogP) is 10.1. The van der Waals surface area contributed by atoms with Crippen molar-refractivity contribution < 1.29 is 32.2 Å². The number of ether oxygens (including phenoxy) is 1. The number of aryl methyl sites for hydroxylation is 1. The molecule has 1 aliphatic rings. The van der Waals surface area contributed by atoms with E-state index >= 15 is 0 Å². The van der Waals surface area contributed by atoms with Crippen molar-refractivity contribution in [3.05, 3.63) is 44.8 Å². The highest BCUT2D eigenvalue weighted by Crippen LogP contribution is 2.50. The van der Waals surface area contributed by atoms with Gasteiger partial charge in [0.05, 0.1) is 37.4 Å². The fourth-order valence-electron chi connectivity index (χ4n) is 8.63. The molecule has 17 heteroatoms. The highest BCUT2D eigenvalue weighted by molar-refractivity contribution is 7.44. The molecule has 0 bridgehead atoms. The molecule has 2 rings (SSSR count). The molecule has 0 aromatic carbocycles. The number of H-pyrrole nitrogens is 1. The van der Waals surface area contributed by atoms with E-state index in [0.29, 0.717) is 43.5 Å². The Morgan fingerprint density at radius 1 is 0.955 bits per heavy atom. The van der Waals surface area contributed by atoms with Crippen LogP contribution in [0.2, 0.25) is 11.1 Å². The van der Waals surface area contributed by atoms with Crippen LogP contribution in [0.25, 0.3) is 0 Å². The van der Waals surface area contributed by atoms with Crippen LogP contribution in [0.3, 0.4) is 0 Å². The summed E-state index contributed by atoms with van der Waals surface area (Å²) in [6, 6.07) is 2.31. The molecule has 1 aromatic heterocycles. The molecule has 378 valence electrons. The first-order valence-corrected chi connectivity index (χ1v) is 28.1. The van der Waals surface area contributed by atoms with Gasteiger partial charge >= 0.3 is 14.3 Å². The zero-order chi connectivity index (χ0) is 49.5. The number of rotatable bonds is 35. The zero-order valence-corrected chi connectivity index (χ0v) is 44.8. The fourth-order valence-corrected chi connectivity index (χ4v) is 14.4. The lowest BCUT2D eigenvalue weighted by Crippen LogP contribution is -2.56. The molecule has 1 saturated heterocycles. The summed E-state index contributed by atoms with van der Waals surface area (Å²) < 4.78 is 38.0. The number of carbonyl (C=O) groups excluding carboxylic acids is 2. The number of hydrogen-bond donors (Lipinski definition) is 3. The first kappa shape index (κ1) is 59.4. The monoisotopic (exact) mass is 965 g/mol. The summed E-state index contributed by atoms with van der Waals surface area (Å²) >= 11 is 0. The number of nitrogens with zero attached hydrogens (tertiary/aromatic N) is 3. The van der Waals surface area contributed by atoms with Gasteiger partial charge in [-0.05, 0) is 84.7 Å². The minimum absolute atomic E-state index is 0.0368. The van der Waals surface area contributed by atoms with Crippen molar-refractivity contribution in [2.24, 2.45) is 0 Å². The van der Waals surface area contributed by atoms with E-state index in [9.17, 15) is 24.4 Å². The summed E-state index contributed by atoms with van der Waals surface area (Å²) in [5.41, 5.74) is -0.570. The molecule has 4 atom stereocenters. The van der Waals surface area contributed by atoms with Crippen LogP contribution in [0, 0.1) is 18.3 Å². The van der Waals surface area contributed by atoms with Gasteiger partial charge in [-0.1, -0.05) is 99.5 Å². The molecule has 0 saturated carbocycles. The molecule has 1 aromatic rings.